The second-order valence-corrected chi connectivity index (χ2v) is 13.2. The number of hydrogen-bond acceptors (Lipinski definition) is 7. The Bertz CT molecular complexity index is 917. The lowest BCUT2D eigenvalue weighted by atomic mass is 9.70. The number of nitrogens with zero attached hydrogens (tertiary/aromatic N) is 4. The van der Waals surface area contributed by atoms with Gasteiger partial charge in [-0.2, -0.15) is 0 Å². The second kappa shape index (κ2) is 11.8. The predicted octanol–water partition coefficient (Wildman–Crippen LogP) is 0.823. The van der Waals surface area contributed by atoms with Crippen LogP contribution < -0.4 is 0 Å². The molecule has 11 heteroatoms. The number of carbonyl (C=O) groups excluding carboxylic acids is 3. The van der Waals surface area contributed by atoms with E-state index in [0.29, 0.717) is 45.8 Å². The Morgan fingerprint density at radius 2 is 1.95 bits per heavy atom. The van der Waals surface area contributed by atoms with Gasteiger partial charge in [0.1, 0.15) is 6.04 Å². The summed E-state index contributed by atoms with van der Waals surface area (Å²) in [5.41, 5.74) is 0. The number of aliphatic hydroxyl groups excluding tert-OH is 1. The Kier molecular flexibility index (Phi) is 9.10. The molecule has 206 valence electrons. The second-order valence-electron chi connectivity index (χ2n) is 10.5. The number of fused-ring (bicyclic) bond motifs is 1. The van der Waals surface area contributed by atoms with E-state index in [-0.39, 0.29) is 34.4 Å². The van der Waals surface area contributed by atoms with Crippen LogP contribution in [0.2, 0.25) is 0 Å². The van der Waals surface area contributed by atoms with Crippen molar-refractivity contribution < 1.29 is 24.2 Å². The largest absolute Gasteiger partial charge is 0.394 e. The van der Waals surface area contributed by atoms with Crippen LogP contribution in [0, 0.1) is 11.8 Å². The highest BCUT2D eigenvalue weighted by atomic mass is 79.9. The number of amides is 3. The Morgan fingerprint density at radius 1 is 1.27 bits per heavy atom. The number of alkyl halides is 1. The SMILES string of the molecule is C=CCN(C)C(=O)[C@H]1[C@H]2C(=O)N([C@H](C)CO)C(C(=O)N(CC=C)CCN3CCOCC3)C23CC(Br)[C@@H]1S3. The summed E-state index contributed by atoms with van der Waals surface area (Å²) in [7, 11) is 1.73. The molecule has 1 N–H and O–H groups in total. The van der Waals surface area contributed by atoms with E-state index < -0.39 is 28.7 Å². The third-order valence-electron chi connectivity index (χ3n) is 8.22. The van der Waals surface area contributed by atoms with Crippen LogP contribution in [-0.4, -0.2) is 135 Å². The zero-order valence-electron chi connectivity index (χ0n) is 21.8. The van der Waals surface area contributed by atoms with Crippen molar-refractivity contribution >= 4 is 45.4 Å². The molecule has 37 heavy (non-hydrogen) atoms. The topological polar surface area (TPSA) is 93.6 Å². The van der Waals surface area contributed by atoms with Crippen LogP contribution >= 0.6 is 27.7 Å². The predicted molar refractivity (Wildman–Crippen MR) is 147 cm³/mol. The van der Waals surface area contributed by atoms with E-state index in [1.54, 1.807) is 52.6 Å². The van der Waals surface area contributed by atoms with Gasteiger partial charge in [0.15, 0.2) is 0 Å². The minimum absolute atomic E-state index is 0.00789. The van der Waals surface area contributed by atoms with Gasteiger partial charge in [-0.1, -0.05) is 28.1 Å². The summed E-state index contributed by atoms with van der Waals surface area (Å²) in [4.78, 5) is 49.3. The molecule has 9 nitrogen and oxygen atoms in total. The van der Waals surface area contributed by atoms with Crippen molar-refractivity contribution in [3.8, 4) is 0 Å². The van der Waals surface area contributed by atoms with Crippen LogP contribution in [0.15, 0.2) is 25.3 Å². The molecule has 4 aliphatic rings. The molecule has 4 heterocycles. The van der Waals surface area contributed by atoms with E-state index in [9.17, 15) is 19.5 Å². The monoisotopic (exact) mass is 598 g/mol. The van der Waals surface area contributed by atoms with Crippen LogP contribution in [0.25, 0.3) is 0 Å². The number of likely N-dealkylation sites (tertiary alicyclic amines) is 1. The molecule has 0 aromatic rings. The number of ether oxygens (including phenoxy) is 1. The molecule has 0 radical (unpaired) electrons. The average Bonchev–Trinajstić information content (AvgIpc) is 3.49. The van der Waals surface area contributed by atoms with E-state index in [1.165, 1.54) is 0 Å². The van der Waals surface area contributed by atoms with Crippen molar-refractivity contribution in [2.45, 2.75) is 40.3 Å². The third-order valence-corrected chi connectivity index (χ3v) is 11.4. The lowest BCUT2D eigenvalue weighted by molar-refractivity contribution is -0.146. The molecule has 1 spiro atoms. The molecule has 2 bridgehead atoms. The summed E-state index contributed by atoms with van der Waals surface area (Å²) in [6, 6.07) is -1.30. The summed E-state index contributed by atoms with van der Waals surface area (Å²) in [5, 5.41) is 9.99. The van der Waals surface area contributed by atoms with Gasteiger partial charge in [-0.15, -0.1) is 24.9 Å². The van der Waals surface area contributed by atoms with Crippen LogP contribution in [-0.2, 0) is 19.1 Å². The Hall–Kier alpha value is -1.40. The highest BCUT2D eigenvalue weighted by Gasteiger charge is 2.76. The highest BCUT2D eigenvalue weighted by molar-refractivity contribution is 9.09. The fourth-order valence-electron chi connectivity index (χ4n) is 6.44. The van der Waals surface area contributed by atoms with E-state index in [0.717, 1.165) is 13.1 Å². The first-order valence-corrected chi connectivity index (χ1v) is 14.8. The molecule has 0 aliphatic carbocycles. The van der Waals surface area contributed by atoms with Gasteiger partial charge in [0.05, 0.1) is 42.4 Å². The standard InChI is InChI=1S/C26H39BrN4O5S/c1-5-7-28(4)23(33)19-20-24(34)31(17(3)16-32)22(26(20)15-18(27)21(19)37-26)25(35)30(8-6-2)10-9-29-11-13-36-14-12-29/h5-6,17-22,32H,1-2,7-16H2,3-4H3/t17-,18?,19+,20+,21+,22?,26?/m1/s1. The van der Waals surface area contributed by atoms with Crippen molar-refractivity contribution in [2.75, 3.05) is 66.1 Å². The number of rotatable bonds is 11. The molecule has 4 saturated heterocycles. The van der Waals surface area contributed by atoms with Crippen molar-refractivity contribution in [1.29, 1.82) is 0 Å². The third kappa shape index (κ3) is 5.02. The number of carbonyl (C=O) groups is 3. The average molecular weight is 600 g/mol. The number of hydrogen-bond donors (Lipinski definition) is 1. The molecule has 3 amide bonds. The van der Waals surface area contributed by atoms with Crippen LogP contribution in [0.1, 0.15) is 13.3 Å². The molecule has 7 atom stereocenters. The number of thioether (sulfide) groups is 1. The van der Waals surface area contributed by atoms with Gasteiger partial charge in [0, 0.05) is 56.4 Å². The van der Waals surface area contributed by atoms with Gasteiger partial charge in [-0.05, 0) is 13.3 Å². The normalized spacial score (nSPS) is 33.8. The smallest absolute Gasteiger partial charge is 0.247 e. The molecule has 4 fully saturated rings. The molecule has 0 saturated carbocycles. The van der Waals surface area contributed by atoms with E-state index in [2.05, 4.69) is 34.0 Å². The summed E-state index contributed by atoms with van der Waals surface area (Å²) < 4.78 is 4.72. The van der Waals surface area contributed by atoms with Gasteiger partial charge in [-0.3, -0.25) is 19.3 Å². The van der Waals surface area contributed by atoms with Gasteiger partial charge in [0.2, 0.25) is 17.7 Å². The molecule has 4 aliphatic heterocycles. The van der Waals surface area contributed by atoms with E-state index in [1.807, 2.05) is 0 Å². The molecular formula is C26H39BrN4O5S. The Labute approximate surface area is 232 Å². The van der Waals surface area contributed by atoms with Gasteiger partial charge in [-0.25, -0.2) is 0 Å². The zero-order chi connectivity index (χ0) is 26.9. The van der Waals surface area contributed by atoms with Gasteiger partial charge < -0.3 is 24.5 Å². The van der Waals surface area contributed by atoms with Crippen molar-refractivity contribution in [3.05, 3.63) is 25.3 Å². The summed E-state index contributed by atoms with van der Waals surface area (Å²) in [6.07, 6.45) is 4.00. The minimum atomic E-state index is -0.755. The zero-order valence-corrected chi connectivity index (χ0v) is 24.2. The first-order valence-electron chi connectivity index (χ1n) is 13.0. The number of aliphatic hydroxyl groups is 1. The minimum Gasteiger partial charge on any atom is -0.394 e. The van der Waals surface area contributed by atoms with E-state index >= 15 is 0 Å². The Morgan fingerprint density at radius 3 is 2.57 bits per heavy atom. The number of morpholine rings is 1. The van der Waals surface area contributed by atoms with Gasteiger partial charge >= 0.3 is 0 Å². The Balaban J connectivity index is 1.67. The molecule has 3 unspecified atom stereocenters. The van der Waals surface area contributed by atoms with Crippen LogP contribution in [0.4, 0.5) is 0 Å². The molecular weight excluding hydrogens is 560 g/mol. The van der Waals surface area contributed by atoms with Crippen molar-refractivity contribution in [3.63, 3.8) is 0 Å². The summed E-state index contributed by atoms with van der Waals surface area (Å²) in [5.74, 6) is -1.57. The number of likely N-dealkylation sites (N-methyl/N-ethyl adjacent to an activating group) is 1. The van der Waals surface area contributed by atoms with Crippen molar-refractivity contribution in [2.24, 2.45) is 11.8 Å². The maximum Gasteiger partial charge on any atom is 0.247 e. The van der Waals surface area contributed by atoms with Crippen LogP contribution in [0.5, 0.6) is 0 Å². The fraction of sp³-hybridized carbons (Fsp3) is 0.731. The first kappa shape index (κ1) is 28.6. The van der Waals surface area contributed by atoms with Crippen LogP contribution in [0.3, 0.4) is 0 Å². The first-order chi connectivity index (χ1) is 17.7. The number of halogens is 1. The molecule has 0 aromatic carbocycles. The highest BCUT2D eigenvalue weighted by Crippen LogP contribution is 2.68. The molecule has 4 rings (SSSR count). The van der Waals surface area contributed by atoms with Crippen molar-refractivity contribution in [1.82, 2.24) is 19.6 Å². The quantitative estimate of drug-likeness (QED) is 0.278. The maximum atomic E-state index is 14.4. The van der Waals surface area contributed by atoms with Gasteiger partial charge in [0.25, 0.3) is 0 Å². The molecule has 0 aromatic heterocycles. The lowest BCUT2D eigenvalue weighted by Gasteiger charge is -2.40. The maximum absolute atomic E-state index is 14.4. The summed E-state index contributed by atoms with van der Waals surface area (Å²) >= 11 is 5.41. The lowest BCUT2D eigenvalue weighted by Crippen LogP contribution is -2.58. The summed E-state index contributed by atoms with van der Waals surface area (Å²) in [6.45, 7) is 14.1. The van der Waals surface area contributed by atoms with E-state index in [4.69, 9.17) is 4.74 Å². The fourth-order valence-corrected chi connectivity index (χ4v) is 10.0.